The van der Waals surface area contributed by atoms with Crippen LogP contribution in [0.15, 0.2) is 47.5 Å². The van der Waals surface area contributed by atoms with Crippen molar-refractivity contribution in [2.45, 2.75) is 19.3 Å². The van der Waals surface area contributed by atoms with E-state index in [0.29, 0.717) is 12.2 Å². The first-order valence-corrected chi connectivity index (χ1v) is 11.6. The number of hydrogen-bond acceptors (Lipinski definition) is 7. The van der Waals surface area contributed by atoms with Crippen molar-refractivity contribution in [1.29, 1.82) is 0 Å². The first kappa shape index (κ1) is 21.2. The number of rotatable bonds is 6. The van der Waals surface area contributed by atoms with Crippen LogP contribution < -0.4 is 0 Å². The van der Waals surface area contributed by atoms with Gasteiger partial charge < -0.3 is 9.32 Å². The van der Waals surface area contributed by atoms with Crippen LogP contribution in [0, 0.1) is 5.92 Å². The number of aromatic nitrogens is 2. The Morgan fingerprint density at radius 3 is 2.53 bits per heavy atom. The number of fused-ring (bicyclic) bond motifs is 1. The smallest absolute Gasteiger partial charge is 0.181 e. The quantitative estimate of drug-likeness (QED) is 0.592. The largest absolute Gasteiger partial charge is 0.444 e. The summed E-state index contributed by atoms with van der Waals surface area (Å²) in [6, 6.07) is 8.14. The third-order valence-electron chi connectivity index (χ3n) is 6.89. The number of ketones is 1. The summed E-state index contributed by atoms with van der Waals surface area (Å²) in [6.07, 6.45) is 7.33. The second-order valence-electron chi connectivity index (χ2n) is 9.20. The molecule has 2 fully saturated rings. The van der Waals surface area contributed by atoms with E-state index in [1.165, 1.54) is 6.39 Å². The van der Waals surface area contributed by atoms with E-state index in [2.05, 4.69) is 37.8 Å². The van der Waals surface area contributed by atoms with Gasteiger partial charge in [0.05, 0.1) is 12.9 Å². The minimum absolute atomic E-state index is 0.150. The molecule has 4 heterocycles. The van der Waals surface area contributed by atoms with Crippen LogP contribution in [-0.2, 0) is 11.2 Å². The SMILES string of the molecule is CN1CCN(CN2CCC(C(=O)Cc3cc4cc(-c5cnco5)ccc4cn3)CC2)CC1. The van der Waals surface area contributed by atoms with Crippen molar-refractivity contribution < 1.29 is 9.21 Å². The lowest BCUT2D eigenvalue weighted by molar-refractivity contribution is -0.123. The van der Waals surface area contributed by atoms with Crippen molar-refractivity contribution in [2.24, 2.45) is 5.92 Å². The molecule has 2 saturated heterocycles. The molecule has 2 aliphatic heterocycles. The second-order valence-corrected chi connectivity index (χ2v) is 9.20. The fraction of sp³-hybridized carbons (Fsp3) is 0.480. The Morgan fingerprint density at radius 1 is 1.00 bits per heavy atom. The van der Waals surface area contributed by atoms with Gasteiger partial charge in [-0.3, -0.25) is 19.6 Å². The number of pyridine rings is 1. The maximum atomic E-state index is 13.0. The molecule has 7 nitrogen and oxygen atoms in total. The van der Waals surface area contributed by atoms with E-state index >= 15 is 0 Å². The van der Waals surface area contributed by atoms with Crippen LogP contribution in [0.1, 0.15) is 18.5 Å². The molecule has 0 spiro atoms. The maximum Gasteiger partial charge on any atom is 0.181 e. The van der Waals surface area contributed by atoms with Crippen molar-refractivity contribution in [2.75, 3.05) is 53.0 Å². The Morgan fingerprint density at radius 2 is 1.78 bits per heavy atom. The van der Waals surface area contributed by atoms with Crippen LogP contribution in [0.4, 0.5) is 0 Å². The standard InChI is InChI=1S/C25H31N5O2/c1-28-8-10-30(11-9-28)18-29-6-4-19(5-7-29)24(31)14-23-13-22-12-20(25-16-26-17-32-25)2-3-21(22)15-27-23/h2-3,12-13,15-17,19H,4-11,14,18H2,1H3. The molecule has 168 valence electrons. The minimum atomic E-state index is 0.150. The van der Waals surface area contributed by atoms with Gasteiger partial charge in [0.2, 0.25) is 0 Å². The molecule has 0 unspecified atom stereocenters. The molecule has 0 amide bonds. The fourth-order valence-electron chi connectivity index (χ4n) is 4.79. The van der Waals surface area contributed by atoms with E-state index in [4.69, 9.17) is 4.42 Å². The molecular formula is C25H31N5O2. The van der Waals surface area contributed by atoms with Gasteiger partial charge in [0.25, 0.3) is 0 Å². The van der Waals surface area contributed by atoms with Crippen molar-refractivity contribution in [3.63, 3.8) is 0 Å². The zero-order chi connectivity index (χ0) is 21.9. The van der Waals surface area contributed by atoms with Gasteiger partial charge in [-0.15, -0.1) is 0 Å². The summed E-state index contributed by atoms with van der Waals surface area (Å²) < 4.78 is 5.41. The number of likely N-dealkylation sites (tertiary alicyclic amines) is 1. The Kier molecular flexibility index (Phi) is 6.30. The highest BCUT2D eigenvalue weighted by Gasteiger charge is 2.26. The molecule has 0 radical (unpaired) electrons. The van der Waals surface area contributed by atoms with Crippen LogP contribution in [0.3, 0.4) is 0 Å². The van der Waals surface area contributed by atoms with E-state index in [9.17, 15) is 4.79 Å². The van der Waals surface area contributed by atoms with E-state index in [1.807, 2.05) is 24.4 Å². The summed E-state index contributed by atoms with van der Waals surface area (Å²) in [5.41, 5.74) is 1.82. The number of piperazine rings is 1. The normalized spacial score (nSPS) is 19.5. The molecule has 0 atom stereocenters. The van der Waals surface area contributed by atoms with E-state index in [-0.39, 0.29) is 5.92 Å². The number of oxazole rings is 1. The highest BCUT2D eigenvalue weighted by Crippen LogP contribution is 2.25. The molecule has 2 aliphatic rings. The number of carbonyl (C=O) groups is 1. The fourth-order valence-corrected chi connectivity index (χ4v) is 4.79. The summed E-state index contributed by atoms with van der Waals surface area (Å²) in [5.74, 6) is 1.21. The molecule has 3 aromatic rings. The number of piperidine rings is 1. The zero-order valence-corrected chi connectivity index (χ0v) is 18.7. The maximum absolute atomic E-state index is 13.0. The van der Waals surface area contributed by atoms with Crippen molar-refractivity contribution in [3.05, 3.63) is 48.7 Å². The van der Waals surface area contributed by atoms with Crippen molar-refractivity contribution in [3.8, 4) is 11.3 Å². The molecule has 0 saturated carbocycles. The molecule has 32 heavy (non-hydrogen) atoms. The lowest BCUT2D eigenvalue weighted by atomic mass is 9.90. The minimum Gasteiger partial charge on any atom is -0.444 e. The summed E-state index contributed by atoms with van der Waals surface area (Å²) in [5, 5.41) is 2.13. The third kappa shape index (κ3) is 4.90. The van der Waals surface area contributed by atoms with Crippen LogP contribution in [0.2, 0.25) is 0 Å². The van der Waals surface area contributed by atoms with Gasteiger partial charge >= 0.3 is 0 Å². The third-order valence-corrected chi connectivity index (χ3v) is 6.89. The highest BCUT2D eigenvalue weighted by molar-refractivity contribution is 5.88. The van der Waals surface area contributed by atoms with Gasteiger partial charge in [0.15, 0.2) is 12.2 Å². The molecule has 0 aliphatic carbocycles. The van der Waals surface area contributed by atoms with Gasteiger partial charge in [-0.2, -0.15) is 0 Å². The molecule has 7 heteroatoms. The van der Waals surface area contributed by atoms with E-state index in [1.54, 1.807) is 6.20 Å². The topological polar surface area (TPSA) is 65.7 Å². The van der Waals surface area contributed by atoms with Crippen molar-refractivity contribution in [1.82, 2.24) is 24.7 Å². The van der Waals surface area contributed by atoms with Crippen molar-refractivity contribution >= 4 is 16.6 Å². The molecular weight excluding hydrogens is 402 g/mol. The predicted molar refractivity (Wildman–Crippen MR) is 124 cm³/mol. The average Bonchev–Trinajstić information content (AvgIpc) is 3.36. The summed E-state index contributed by atoms with van der Waals surface area (Å²) in [6.45, 7) is 7.63. The van der Waals surface area contributed by atoms with Crippen LogP contribution in [0.5, 0.6) is 0 Å². The lowest BCUT2D eigenvalue weighted by Gasteiger charge is -2.38. The zero-order valence-electron chi connectivity index (χ0n) is 18.7. The Hall–Kier alpha value is -2.61. The predicted octanol–water partition coefficient (Wildman–Crippen LogP) is 2.92. The monoisotopic (exact) mass is 433 g/mol. The lowest BCUT2D eigenvalue weighted by Crippen LogP contribution is -2.50. The van der Waals surface area contributed by atoms with Crippen LogP contribution in [0.25, 0.3) is 22.1 Å². The Bertz CT molecular complexity index is 1050. The number of likely N-dealkylation sites (N-methyl/N-ethyl adjacent to an activating group) is 1. The van der Waals surface area contributed by atoms with Crippen LogP contribution in [-0.4, -0.2) is 83.4 Å². The molecule has 0 N–H and O–H groups in total. The van der Waals surface area contributed by atoms with Gasteiger partial charge in [-0.05, 0) is 37.4 Å². The molecule has 2 aromatic heterocycles. The average molecular weight is 434 g/mol. The number of hydrogen-bond donors (Lipinski definition) is 0. The molecule has 1 aromatic carbocycles. The summed E-state index contributed by atoms with van der Waals surface area (Å²) >= 11 is 0. The number of carbonyl (C=O) groups excluding carboxylic acids is 1. The van der Waals surface area contributed by atoms with Gasteiger partial charge in [0.1, 0.15) is 5.78 Å². The first-order valence-electron chi connectivity index (χ1n) is 11.6. The first-order chi connectivity index (χ1) is 15.6. The second kappa shape index (κ2) is 9.48. The number of benzene rings is 1. The number of nitrogens with zero attached hydrogens (tertiary/aromatic N) is 5. The molecule has 0 bridgehead atoms. The summed E-state index contributed by atoms with van der Waals surface area (Å²) in [4.78, 5) is 29.0. The molecule has 5 rings (SSSR count). The Labute approximate surface area is 189 Å². The van der Waals surface area contributed by atoms with Gasteiger partial charge in [0, 0.05) is 74.4 Å². The van der Waals surface area contributed by atoms with E-state index in [0.717, 1.165) is 86.6 Å². The van der Waals surface area contributed by atoms with E-state index < -0.39 is 0 Å². The Balaban J connectivity index is 1.17. The van der Waals surface area contributed by atoms with Gasteiger partial charge in [-0.25, -0.2) is 4.98 Å². The number of Topliss-reactive ketones (excluding diaryl/α,β-unsaturated/α-hetero) is 1. The highest BCUT2D eigenvalue weighted by atomic mass is 16.3. The summed E-state index contributed by atoms with van der Waals surface area (Å²) in [7, 11) is 2.19. The van der Waals surface area contributed by atoms with Gasteiger partial charge in [-0.1, -0.05) is 12.1 Å². The van der Waals surface area contributed by atoms with Crippen LogP contribution >= 0.6 is 0 Å².